The first-order valence-electron chi connectivity index (χ1n) is 9.21. The molecule has 0 amide bonds. The van der Waals surface area contributed by atoms with Gasteiger partial charge in [0.25, 0.3) is 0 Å². The second-order valence-electron chi connectivity index (χ2n) is 7.78. The summed E-state index contributed by atoms with van der Waals surface area (Å²) in [6.45, 7) is 3.66. The van der Waals surface area contributed by atoms with Crippen LogP contribution in [-0.4, -0.2) is 36.6 Å². The van der Waals surface area contributed by atoms with Crippen LogP contribution in [0, 0.1) is 11.8 Å². The van der Waals surface area contributed by atoms with Crippen molar-refractivity contribution in [1.29, 1.82) is 0 Å². The van der Waals surface area contributed by atoms with E-state index in [4.69, 9.17) is 0 Å². The zero-order valence-corrected chi connectivity index (χ0v) is 13.6. The molecule has 1 N–H and O–H groups in total. The molecule has 3 fully saturated rings. The van der Waals surface area contributed by atoms with Crippen LogP contribution in [-0.2, 0) is 0 Å². The SMILES string of the molecule is CCC1CCCC(NCC2CC3CCC(C2)N3C)CC1. The van der Waals surface area contributed by atoms with Crippen LogP contribution in [0.15, 0.2) is 0 Å². The van der Waals surface area contributed by atoms with E-state index >= 15 is 0 Å². The Morgan fingerprint density at radius 3 is 2.35 bits per heavy atom. The number of rotatable bonds is 4. The maximum Gasteiger partial charge on any atom is 0.00988 e. The van der Waals surface area contributed by atoms with Crippen LogP contribution in [0.4, 0.5) is 0 Å². The summed E-state index contributed by atoms with van der Waals surface area (Å²) >= 11 is 0. The van der Waals surface area contributed by atoms with Crippen molar-refractivity contribution in [2.75, 3.05) is 13.6 Å². The minimum absolute atomic E-state index is 0.823. The summed E-state index contributed by atoms with van der Waals surface area (Å²) in [6, 6.07) is 2.63. The van der Waals surface area contributed by atoms with E-state index < -0.39 is 0 Å². The van der Waals surface area contributed by atoms with Crippen molar-refractivity contribution in [2.24, 2.45) is 11.8 Å². The topological polar surface area (TPSA) is 15.3 Å². The summed E-state index contributed by atoms with van der Waals surface area (Å²) in [5.74, 6) is 1.97. The Balaban J connectivity index is 1.41. The van der Waals surface area contributed by atoms with E-state index in [1.54, 1.807) is 0 Å². The molecule has 0 aromatic rings. The van der Waals surface area contributed by atoms with Gasteiger partial charge in [-0.1, -0.05) is 26.2 Å². The monoisotopic (exact) mass is 278 g/mol. The molecule has 4 atom stereocenters. The lowest BCUT2D eigenvalue weighted by Gasteiger charge is -2.37. The molecule has 0 aromatic heterocycles. The van der Waals surface area contributed by atoms with Gasteiger partial charge in [-0.15, -0.1) is 0 Å². The lowest BCUT2D eigenvalue weighted by molar-refractivity contribution is 0.130. The van der Waals surface area contributed by atoms with Crippen molar-refractivity contribution in [3.8, 4) is 0 Å². The minimum atomic E-state index is 0.823. The first kappa shape index (κ1) is 14.8. The Labute approximate surface area is 125 Å². The van der Waals surface area contributed by atoms with Crippen LogP contribution in [0.1, 0.15) is 71.1 Å². The Kier molecular flexibility index (Phi) is 5.04. The highest BCUT2D eigenvalue weighted by molar-refractivity contribution is 4.94. The van der Waals surface area contributed by atoms with Gasteiger partial charge in [0.2, 0.25) is 0 Å². The molecule has 20 heavy (non-hydrogen) atoms. The zero-order valence-electron chi connectivity index (χ0n) is 13.6. The van der Waals surface area contributed by atoms with Gasteiger partial charge in [-0.2, -0.15) is 0 Å². The summed E-state index contributed by atoms with van der Waals surface area (Å²) in [7, 11) is 2.35. The van der Waals surface area contributed by atoms with Gasteiger partial charge in [0, 0.05) is 18.1 Å². The quantitative estimate of drug-likeness (QED) is 0.787. The molecule has 2 heterocycles. The standard InChI is InChI=1S/C18H34N2/c1-3-14-5-4-6-16(8-7-14)19-13-15-11-17-9-10-18(12-15)20(17)2/h14-19H,3-13H2,1-2H3. The summed E-state index contributed by atoms with van der Waals surface area (Å²) in [4.78, 5) is 2.66. The first-order chi connectivity index (χ1) is 9.76. The molecule has 4 unspecified atom stereocenters. The maximum absolute atomic E-state index is 3.94. The average molecular weight is 278 g/mol. The zero-order chi connectivity index (χ0) is 13.9. The summed E-state index contributed by atoms with van der Waals surface area (Å²) in [5, 5.41) is 3.94. The van der Waals surface area contributed by atoms with Crippen molar-refractivity contribution >= 4 is 0 Å². The van der Waals surface area contributed by atoms with Gasteiger partial charge in [-0.25, -0.2) is 0 Å². The second-order valence-corrected chi connectivity index (χ2v) is 7.78. The molecule has 2 bridgehead atoms. The van der Waals surface area contributed by atoms with Gasteiger partial charge < -0.3 is 10.2 Å². The fourth-order valence-corrected chi connectivity index (χ4v) is 5.02. The average Bonchev–Trinajstić information content (AvgIpc) is 2.70. The third kappa shape index (κ3) is 3.39. The van der Waals surface area contributed by atoms with E-state index in [0.717, 1.165) is 30.0 Å². The molecule has 2 heteroatoms. The lowest BCUT2D eigenvalue weighted by Crippen LogP contribution is -2.44. The fourth-order valence-electron chi connectivity index (χ4n) is 5.02. The molecule has 3 rings (SSSR count). The molecule has 2 aliphatic heterocycles. The molecule has 0 aromatic carbocycles. The summed E-state index contributed by atoms with van der Waals surface area (Å²) in [5.41, 5.74) is 0. The highest BCUT2D eigenvalue weighted by Crippen LogP contribution is 2.37. The number of hydrogen-bond donors (Lipinski definition) is 1. The van der Waals surface area contributed by atoms with Crippen molar-refractivity contribution in [1.82, 2.24) is 10.2 Å². The first-order valence-corrected chi connectivity index (χ1v) is 9.21. The minimum Gasteiger partial charge on any atom is -0.314 e. The summed E-state index contributed by atoms with van der Waals surface area (Å²) < 4.78 is 0. The smallest absolute Gasteiger partial charge is 0.00988 e. The Morgan fingerprint density at radius 2 is 1.65 bits per heavy atom. The number of fused-ring (bicyclic) bond motifs is 2. The van der Waals surface area contributed by atoms with Crippen molar-refractivity contribution in [3.05, 3.63) is 0 Å². The second kappa shape index (κ2) is 6.79. The molecule has 1 aliphatic carbocycles. The van der Waals surface area contributed by atoms with Crippen LogP contribution in [0.25, 0.3) is 0 Å². The highest BCUT2D eigenvalue weighted by atomic mass is 15.2. The van der Waals surface area contributed by atoms with Gasteiger partial charge in [0.05, 0.1) is 0 Å². The van der Waals surface area contributed by atoms with Gasteiger partial charge in [-0.05, 0) is 70.4 Å². The van der Waals surface area contributed by atoms with Crippen molar-refractivity contribution < 1.29 is 0 Å². The highest BCUT2D eigenvalue weighted by Gasteiger charge is 2.38. The van der Waals surface area contributed by atoms with Gasteiger partial charge >= 0.3 is 0 Å². The molecule has 2 nitrogen and oxygen atoms in total. The molecule has 0 radical (unpaired) electrons. The van der Waals surface area contributed by atoms with Crippen LogP contribution >= 0.6 is 0 Å². The Morgan fingerprint density at radius 1 is 0.900 bits per heavy atom. The number of nitrogens with one attached hydrogen (secondary N) is 1. The van der Waals surface area contributed by atoms with E-state index in [1.165, 1.54) is 70.8 Å². The van der Waals surface area contributed by atoms with E-state index in [1.807, 2.05) is 0 Å². The van der Waals surface area contributed by atoms with Gasteiger partial charge in [0.15, 0.2) is 0 Å². The predicted octanol–water partition coefficient (Wildman–Crippen LogP) is 3.81. The third-order valence-electron chi connectivity index (χ3n) is 6.56. The molecule has 1 saturated carbocycles. The largest absolute Gasteiger partial charge is 0.314 e. The Bertz CT molecular complexity index is 290. The third-order valence-corrected chi connectivity index (χ3v) is 6.56. The normalized spacial score (nSPS) is 42.6. The molecule has 116 valence electrons. The van der Waals surface area contributed by atoms with E-state index in [0.29, 0.717) is 0 Å². The maximum atomic E-state index is 3.94. The van der Waals surface area contributed by atoms with Crippen LogP contribution in [0.2, 0.25) is 0 Å². The Hall–Kier alpha value is -0.0800. The summed E-state index contributed by atoms with van der Waals surface area (Å²) in [6.07, 6.45) is 14.5. The van der Waals surface area contributed by atoms with Gasteiger partial charge in [0.1, 0.15) is 0 Å². The van der Waals surface area contributed by atoms with Gasteiger partial charge in [-0.3, -0.25) is 0 Å². The molecule has 3 aliphatic rings. The molecular formula is C18H34N2. The molecule has 2 saturated heterocycles. The van der Waals surface area contributed by atoms with E-state index in [-0.39, 0.29) is 0 Å². The van der Waals surface area contributed by atoms with Crippen molar-refractivity contribution in [2.45, 2.75) is 89.3 Å². The molecule has 0 spiro atoms. The number of piperidine rings is 1. The molecular weight excluding hydrogens is 244 g/mol. The number of hydrogen-bond acceptors (Lipinski definition) is 2. The van der Waals surface area contributed by atoms with Crippen LogP contribution in [0.5, 0.6) is 0 Å². The van der Waals surface area contributed by atoms with Crippen molar-refractivity contribution in [3.63, 3.8) is 0 Å². The fraction of sp³-hybridized carbons (Fsp3) is 1.00. The van der Waals surface area contributed by atoms with Crippen LogP contribution < -0.4 is 5.32 Å². The van der Waals surface area contributed by atoms with E-state index in [9.17, 15) is 0 Å². The number of nitrogens with zero attached hydrogens (tertiary/aromatic N) is 1. The predicted molar refractivity (Wildman–Crippen MR) is 86.0 cm³/mol. The van der Waals surface area contributed by atoms with E-state index in [2.05, 4.69) is 24.2 Å². The lowest BCUT2D eigenvalue weighted by atomic mass is 9.90. The van der Waals surface area contributed by atoms with Crippen LogP contribution in [0.3, 0.4) is 0 Å².